The second-order valence-corrected chi connectivity index (χ2v) is 5.51. The van der Waals surface area contributed by atoms with E-state index in [1.807, 2.05) is 24.3 Å². The van der Waals surface area contributed by atoms with Crippen LogP contribution in [0.25, 0.3) is 11.4 Å². The quantitative estimate of drug-likeness (QED) is 0.786. The van der Waals surface area contributed by atoms with Gasteiger partial charge in [-0.1, -0.05) is 29.8 Å². The van der Waals surface area contributed by atoms with E-state index in [1.165, 1.54) is 5.56 Å². The van der Waals surface area contributed by atoms with Crippen LogP contribution in [0.2, 0.25) is 0 Å². The van der Waals surface area contributed by atoms with Crippen LogP contribution in [-0.2, 0) is 6.61 Å². The number of aryl methyl sites for hydroxylation is 1. The Balaban J connectivity index is 1.74. The van der Waals surface area contributed by atoms with Crippen LogP contribution in [0.5, 0.6) is 5.75 Å². The molecule has 0 amide bonds. The first kappa shape index (κ1) is 13.8. The molecule has 0 radical (unpaired) electrons. The SMILES string of the molecule is Cc1cccc(COc2ccc(-c3nn[nH]n3)cc2Br)c1. The Hall–Kier alpha value is -2.21. The van der Waals surface area contributed by atoms with Crippen LogP contribution < -0.4 is 4.74 Å². The molecule has 0 fully saturated rings. The number of tetrazole rings is 1. The normalized spacial score (nSPS) is 10.6. The molecule has 0 saturated heterocycles. The molecule has 1 heterocycles. The standard InChI is InChI=1S/C15H13BrN4O/c1-10-3-2-4-11(7-10)9-21-14-6-5-12(8-13(14)16)15-17-19-20-18-15/h2-8H,9H2,1H3,(H,17,18,19,20). The van der Waals surface area contributed by atoms with Crippen molar-refractivity contribution in [1.82, 2.24) is 20.6 Å². The lowest BCUT2D eigenvalue weighted by molar-refractivity contribution is 0.304. The van der Waals surface area contributed by atoms with Crippen LogP contribution >= 0.6 is 15.9 Å². The third-order valence-corrected chi connectivity index (χ3v) is 3.63. The number of aromatic amines is 1. The number of ether oxygens (including phenoxy) is 1. The molecule has 2 aromatic carbocycles. The van der Waals surface area contributed by atoms with Gasteiger partial charge in [-0.05, 0) is 51.8 Å². The zero-order chi connectivity index (χ0) is 14.7. The van der Waals surface area contributed by atoms with Crippen molar-refractivity contribution < 1.29 is 4.74 Å². The van der Waals surface area contributed by atoms with Crippen LogP contribution in [0.3, 0.4) is 0 Å². The van der Waals surface area contributed by atoms with Gasteiger partial charge < -0.3 is 4.74 Å². The molecule has 21 heavy (non-hydrogen) atoms. The number of aromatic nitrogens is 4. The molecule has 0 atom stereocenters. The molecule has 0 aliphatic carbocycles. The summed E-state index contributed by atoms with van der Waals surface area (Å²) in [6.45, 7) is 2.60. The Kier molecular flexibility index (Phi) is 3.96. The fourth-order valence-electron chi connectivity index (χ4n) is 2.00. The van der Waals surface area contributed by atoms with Crippen molar-refractivity contribution in [2.75, 3.05) is 0 Å². The Morgan fingerprint density at radius 2 is 2.10 bits per heavy atom. The van der Waals surface area contributed by atoms with E-state index in [9.17, 15) is 0 Å². The van der Waals surface area contributed by atoms with E-state index < -0.39 is 0 Å². The van der Waals surface area contributed by atoms with Crippen molar-refractivity contribution in [3.63, 3.8) is 0 Å². The Morgan fingerprint density at radius 1 is 1.19 bits per heavy atom. The summed E-state index contributed by atoms with van der Waals surface area (Å²) in [4.78, 5) is 0. The number of nitrogens with one attached hydrogen (secondary N) is 1. The average molecular weight is 345 g/mol. The van der Waals surface area contributed by atoms with Crippen LogP contribution in [0.1, 0.15) is 11.1 Å². The second kappa shape index (κ2) is 6.05. The predicted molar refractivity (Wildman–Crippen MR) is 82.8 cm³/mol. The molecule has 1 aromatic heterocycles. The number of hydrogen-bond acceptors (Lipinski definition) is 4. The molecular weight excluding hydrogens is 332 g/mol. The molecule has 5 nitrogen and oxygen atoms in total. The van der Waals surface area contributed by atoms with Crippen molar-refractivity contribution >= 4 is 15.9 Å². The topological polar surface area (TPSA) is 63.7 Å². The largest absolute Gasteiger partial charge is 0.488 e. The summed E-state index contributed by atoms with van der Waals surface area (Å²) in [7, 11) is 0. The third kappa shape index (κ3) is 3.28. The summed E-state index contributed by atoms with van der Waals surface area (Å²) < 4.78 is 6.70. The van der Waals surface area contributed by atoms with E-state index in [1.54, 1.807) is 0 Å². The molecule has 0 aliphatic heterocycles. The molecule has 0 spiro atoms. The van der Waals surface area contributed by atoms with Gasteiger partial charge in [0.05, 0.1) is 4.47 Å². The minimum Gasteiger partial charge on any atom is -0.488 e. The smallest absolute Gasteiger partial charge is 0.204 e. The van der Waals surface area contributed by atoms with Gasteiger partial charge in [-0.25, -0.2) is 0 Å². The first-order chi connectivity index (χ1) is 10.2. The van der Waals surface area contributed by atoms with Crippen LogP contribution in [0.4, 0.5) is 0 Å². The summed E-state index contributed by atoms with van der Waals surface area (Å²) >= 11 is 3.51. The van der Waals surface area contributed by atoms with Gasteiger partial charge in [0.25, 0.3) is 0 Å². The highest BCUT2D eigenvalue weighted by Crippen LogP contribution is 2.29. The van der Waals surface area contributed by atoms with E-state index >= 15 is 0 Å². The highest BCUT2D eigenvalue weighted by molar-refractivity contribution is 9.10. The number of H-pyrrole nitrogens is 1. The van der Waals surface area contributed by atoms with Gasteiger partial charge in [-0.2, -0.15) is 5.21 Å². The third-order valence-electron chi connectivity index (χ3n) is 3.01. The van der Waals surface area contributed by atoms with E-state index in [2.05, 4.69) is 61.7 Å². The zero-order valence-electron chi connectivity index (χ0n) is 11.4. The maximum atomic E-state index is 5.84. The lowest BCUT2D eigenvalue weighted by Crippen LogP contribution is -1.96. The Bertz CT molecular complexity index is 743. The maximum absolute atomic E-state index is 5.84. The Labute approximate surface area is 130 Å². The second-order valence-electron chi connectivity index (χ2n) is 4.66. The van der Waals surface area contributed by atoms with E-state index in [0.717, 1.165) is 21.3 Å². The lowest BCUT2D eigenvalue weighted by Gasteiger charge is -2.09. The molecule has 3 rings (SSSR count). The van der Waals surface area contributed by atoms with E-state index in [4.69, 9.17) is 4.74 Å². The first-order valence-electron chi connectivity index (χ1n) is 6.44. The minimum atomic E-state index is 0.530. The van der Waals surface area contributed by atoms with Crippen LogP contribution in [-0.4, -0.2) is 20.6 Å². The van der Waals surface area contributed by atoms with Crippen molar-refractivity contribution in [3.05, 3.63) is 58.1 Å². The number of benzene rings is 2. The van der Waals surface area contributed by atoms with Crippen molar-refractivity contribution in [1.29, 1.82) is 0 Å². The van der Waals surface area contributed by atoms with E-state index in [0.29, 0.717) is 12.4 Å². The molecule has 6 heteroatoms. The summed E-state index contributed by atoms with van der Waals surface area (Å²) in [5, 5.41) is 13.9. The molecule has 0 aliphatic rings. The molecule has 0 saturated carbocycles. The fraction of sp³-hybridized carbons (Fsp3) is 0.133. The van der Waals surface area contributed by atoms with Crippen LogP contribution in [0.15, 0.2) is 46.9 Å². The summed E-state index contributed by atoms with van der Waals surface area (Å²) in [5.41, 5.74) is 3.24. The van der Waals surface area contributed by atoms with Gasteiger partial charge >= 0.3 is 0 Å². The maximum Gasteiger partial charge on any atom is 0.204 e. The van der Waals surface area contributed by atoms with E-state index in [-0.39, 0.29) is 0 Å². The number of hydrogen-bond donors (Lipinski definition) is 1. The van der Waals surface area contributed by atoms with Gasteiger partial charge in [0, 0.05) is 5.56 Å². The molecule has 1 N–H and O–H groups in total. The fourth-order valence-corrected chi connectivity index (χ4v) is 2.50. The van der Waals surface area contributed by atoms with Gasteiger partial charge in [0.15, 0.2) is 0 Å². The van der Waals surface area contributed by atoms with Gasteiger partial charge in [-0.15, -0.1) is 10.2 Å². The summed E-state index contributed by atoms with van der Waals surface area (Å²) in [5.74, 6) is 1.34. The van der Waals surface area contributed by atoms with Crippen molar-refractivity contribution in [3.8, 4) is 17.1 Å². The van der Waals surface area contributed by atoms with Gasteiger partial charge in [0.2, 0.25) is 5.82 Å². The summed E-state index contributed by atoms with van der Waals surface area (Å²) in [6.07, 6.45) is 0. The summed E-state index contributed by atoms with van der Waals surface area (Å²) in [6, 6.07) is 14.0. The lowest BCUT2D eigenvalue weighted by atomic mass is 10.1. The molecule has 0 bridgehead atoms. The van der Waals surface area contributed by atoms with Crippen LogP contribution in [0, 0.1) is 6.92 Å². The highest BCUT2D eigenvalue weighted by Gasteiger charge is 2.07. The number of halogens is 1. The predicted octanol–water partition coefficient (Wildman–Crippen LogP) is 3.52. The highest BCUT2D eigenvalue weighted by atomic mass is 79.9. The average Bonchev–Trinajstić information content (AvgIpc) is 3.00. The van der Waals surface area contributed by atoms with Gasteiger partial charge in [-0.3, -0.25) is 0 Å². The molecule has 3 aromatic rings. The number of rotatable bonds is 4. The van der Waals surface area contributed by atoms with Crippen molar-refractivity contribution in [2.45, 2.75) is 13.5 Å². The molecule has 0 unspecified atom stereocenters. The molecule has 106 valence electrons. The molecular formula is C15H13BrN4O. The van der Waals surface area contributed by atoms with Crippen molar-refractivity contribution in [2.24, 2.45) is 0 Å². The zero-order valence-corrected chi connectivity index (χ0v) is 13.0. The van der Waals surface area contributed by atoms with Gasteiger partial charge in [0.1, 0.15) is 12.4 Å². The Morgan fingerprint density at radius 3 is 2.81 bits per heavy atom. The number of nitrogens with zero attached hydrogens (tertiary/aromatic N) is 3. The monoisotopic (exact) mass is 344 g/mol. The first-order valence-corrected chi connectivity index (χ1v) is 7.23. The minimum absolute atomic E-state index is 0.530.